The molecule has 0 spiro atoms. The molecule has 0 amide bonds. The zero-order valence-electron chi connectivity index (χ0n) is 9.77. The van der Waals surface area contributed by atoms with Crippen LogP contribution in [0.5, 0.6) is 11.5 Å². The van der Waals surface area contributed by atoms with Crippen molar-refractivity contribution in [2.24, 2.45) is 0 Å². The number of methoxy groups -OCH3 is 1. The van der Waals surface area contributed by atoms with E-state index in [-0.39, 0.29) is 5.75 Å². The van der Waals surface area contributed by atoms with E-state index in [1.807, 2.05) is 24.3 Å². The lowest BCUT2D eigenvalue weighted by Gasteiger charge is -1.98. The normalized spacial score (nSPS) is 9.44. The Bertz CT molecular complexity index is 607. The van der Waals surface area contributed by atoms with Crippen molar-refractivity contribution in [3.8, 4) is 23.3 Å². The minimum Gasteiger partial charge on any atom is -0.506 e. The van der Waals surface area contributed by atoms with Crippen LogP contribution in [0.2, 0.25) is 5.02 Å². The molecule has 2 aromatic rings. The zero-order valence-corrected chi connectivity index (χ0v) is 10.5. The third kappa shape index (κ3) is 2.97. The van der Waals surface area contributed by atoms with E-state index in [1.54, 1.807) is 19.2 Å². The molecule has 0 bridgehead atoms. The average Bonchev–Trinajstić information content (AvgIpc) is 2.41. The first kappa shape index (κ1) is 12.3. The average molecular weight is 259 g/mol. The van der Waals surface area contributed by atoms with E-state index in [0.717, 1.165) is 16.9 Å². The van der Waals surface area contributed by atoms with E-state index >= 15 is 0 Å². The fraction of sp³-hybridized carbons (Fsp3) is 0.0667. The van der Waals surface area contributed by atoms with Crippen molar-refractivity contribution in [1.82, 2.24) is 0 Å². The van der Waals surface area contributed by atoms with Gasteiger partial charge >= 0.3 is 0 Å². The van der Waals surface area contributed by atoms with Crippen molar-refractivity contribution in [2.45, 2.75) is 0 Å². The monoisotopic (exact) mass is 258 g/mol. The first-order valence-corrected chi connectivity index (χ1v) is 5.71. The van der Waals surface area contributed by atoms with Crippen LogP contribution < -0.4 is 4.74 Å². The highest BCUT2D eigenvalue weighted by molar-refractivity contribution is 6.32. The Morgan fingerprint density at radius 3 is 2.22 bits per heavy atom. The largest absolute Gasteiger partial charge is 0.506 e. The lowest BCUT2D eigenvalue weighted by molar-refractivity contribution is 0.415. The molecule has 0 unspecified atom stereocenters. The molecule has 0 radical (unpaired) electrons. The molecule has 0 aliphatic carbocycles. The topological polar surface area (TPSA) is 29.5 Å². The Morgan fingerprint density at radius 2 is 1.61 bits per heavy atom. The molecular formula is C15H11ClO2. The molecule has 0 saturated heterocycles. The second-order valence-corrected chi connectivity index (χ2v) is 4.05. The third-order valence-electron chi connectivity index (χ3n) is 2.39. The maximum Gasteiger partial charge on any atom is 0.134 e. The van der Waals surface area contributed by atoms with Gasteiger partial charge in [0.1, 0.15) is 11.5 Å². The van der Waals surface area contributed by atoms with Crippen LogP contribution in [0.25, 0.3) is 0 Å². The van der Waals surface area contributed by atoms with E-state index in [0.29, 0.717) is 5.02 Å². The molecule has 0 atom stereocenters. The number of hydrogen-bond donors (Lipinski definition) is 1. The molecule has 0 aliphatic rings. The number of halogens is 1. The van der Waals surface area contributed by atoms with Crippen LogP contribution in [0.1, 0.15) is 11.1 Å². The summed E-state index contributed by atoms with van der Waals surface area (Å²) in [6.45, 7) is 0. The summed E-state index contributed by atoms with van der Waals surface area (Å²) in [4.78, 5) is 0. The summed E-state index contributed by atoms with van der Waals surface area (Å²) in [7, 11) is 1.62. The van der Waals surface area contributed by atoms with Gasteiger partial charge in [-0.25, -0.2) is 0 Å². The molecule has 18 heavy (non-hydrogen) atoms. The van der Waals surface area contributed by atoms with Crippen molar-refractivity contribution in [3.05, 3.63) is 58.6 Å². The van der Waals surface area contributed by atoms with Gasteiger partial charge in [-0.3, -0.25) is 0 Å². The van der Waals surface area contributed by atoms with Crippen molar-refractivity contribution < 1.29 is 9.84 Å². The van der Waals surface area contributed by atoms with Crippen LogP contribution in [0.3, 0.4) is 0 Å². The second-order valence-electron chi connectivity index (χ2n) is 3.64. The fourth-order valence-electron chi connectivity index (χ4n) is 1.40. The van der Waals surface area contributed by atoms with Gasteiger partial charge in [0.25, 0.3) is 0 Å². The van der Waals surface area contributed by atoms with Gasteiger partial charge < -0.3 is 9.84 Å². The molecule has 0 heterocycles. The number of phenolic OH excluding ortho intramolecular Hbond substituents is 1. The van der Waals surface area contributed by atoms with Crippen molar-refractivity contribution in [2.75, 3.05) is 7.11 Å². The molecule has 2 aromatic carbocycles. The minimum absolute atomic E-state index is 0.0617. The summed E-state index contributed by atoms with van der Waals surface area (Å²) < 4.78 is 5.07. The first-order valence-electron chi connectivity index (χ1n) is 5.33. The Balaban J connectivity index is 2.22. The van der Waals surface area contributed by atoms with Crippen LogP contribution >= 0.6 is 11.6 Å². The van der Waals surface area contributed by atoms with E-state index in [9.17, 15) is 5.11 Å². The van der Waals surface area contributed by atoms with E-state index in [4.69, 9.17) is 16.3 Å². The van der Waals surface area contributed by atoms with Crippen LogP contribution in [0.15, 0.2) is 42.5 Å². The van der Waals surface area contributed by atoms with Gasteiger partial charge in [-0.15, -0.1) is 0 Å². The highest BCUT2D eigenvalue weighted by Crippen LogP contribution is 2.23. The predicted molar refractivity (Wildman–Crippen MR) is 72.1 cm³/mol. The van der Waals surface area contributed by atoms with Gasteiger partial charge in [-0.2, -0.15) is 0 Å². The molecule has 3 heteroatoms. The maximum atomic E-state index is 9.29. The van der Waals surface area contributed by atoms with Crippen LogP contribution in [0, 0.1) is 11.8 Å². The molecular weight excluding hydrogens is 248 g/mol. The summed E-state index contributed by atoms with van der Waals surface area (Å²) in [5, 5.41) is 9.59. The van der Waals surface area contributed by atoms with Crippen LogP contribution in [-0.4, -0.2) is 12.2 Å². The summed E-state index contributed by atoms with van der Waals surface area (Å²) in [6.07, 6.45) is 0. The molecule has 2 rings (SSSR count). The second kappa shape index (κ2) is 5.48. The van der Waals surface area contributed by atoms with E-state index in [2.05, 4.69) is 11.8 Å². The van der Waals surface area contributed by atoms with Gasteiger partial charge in [-0.1, -0.05) is 23.4 Å². The Morgan fingerprint density at radius 1 is 1.00 bits per heavy atom. The number of hydrogen-bond acceptors (Lipinski definition) is 2. The predicted octanol–water partition coefficient (Wildman–Crippen LogP) is 3.45. The van der Waals surface area contributed by atoms with Crippen molar-refractivity contribution >= 4 is 11.6 Å². The molecule has 2 nitrogen and oxygen atoms in total. The number of phenols is 1. The van der Waals surface area contributed by atoms with Crippen LogP contribution in [0.4, 0.5) is 0 Å². The highest BCUT2D eigenvalue weighted by atomic mass is 35.5. The van der Waals surface area contributed by atoms with Gasteiger partial charge in [0.05, 0.1) is 12.1 Å². The van der Waals surface area contributed by atoms with Gasteiger partial charge in [0, 0.05) is 11.1 Å². The molecule has 0 aromatic heterocycles. The summed E-state index contributed by atoms with van der Waals surface area (Å²) in [5.74, 6) is 6.85. The molecule has 0 fully saturated rings. The summed E-state index contributed by atoms with van der Waals surface area (Å²) >= 11 is 5.80. The first-order chi connectivity index (χ1) is 8.69. The number of ether oxygens (including phenoxy) is 1. The molecule has 0 aliphatic heterocycles. The van der Waals surface area contributed by atoms with Crippen LogP contribution in [-0.2, 0) is 0 Å². The Hall–Kier alpha value is -2.11. The zero-order chi connectivity index (χ0) is 13.0. The third-order valence-corrected chi connectivity index (χ3v) is 2.69. The lowest BCUT2D eigenvalue weighted by atomic mass is 10.2. The van der Waals surface area contributed by atoms with Gasteiger partial charge in [0.2, 0.25) is 0 Å². The number of benzene rings is 2. The number of aromatic hydroxyl groups is 1. The summed E-state index contributed by atoms with van der Waals surface area (Å²) in [6, 6.07) is 12.4. The number of rotatable bonds is 1. The smallest absolute Gasteiger partial charge is 0.134 e. The minimum atomic E-state index is 0.0617. The highest BCUT2D eigenvalue weighted by Gasteiger charge is 1.97. The SMILES string of the molecule is COc1ccc(C#Cc2ccc(O)c(Cl)c2)cc1. The molecule has 90 valence electrons. The van der Waals surface area contributed by atoms with Gasteiger partial charge in [0.15, 0.2) is 0 Å². The lowest BCUT2D eigenvalue weighted by Crippen LogP contribution is -1.82. The van der Waals surface area contributed by atoms with E-state index < -0.39 is 0 Å². The molecule has 1 N–H and O–H groups in total. The standard InChI is InChI=1S/C15H11ClO2/c1-18-13-7-4-11(5-8-13)2-3-12-6-9-15(17)14(16)10-12/h4-10,17H,1H3. The van der Waals surface area contributed by atoms with Crippen molar-refractivity contribution in [1.29, 1.82) is 0 Å². The quantitative estimate of drug-likeness (QED) is 0.794. The Kier molecular flexibility index (Phi) is 3.76. The van der Waals surface area contributed by atoms with Gasteiger partial charge in [-0.05, 0) is 42.5 Å². The van der Waals surface area contributed by atoms with Crippen molar-refractivity contribution in [3.63, 3.8) is 0 Å². The summed E-state index contributed by atoms with van der Waals surface area (Å²) in [5.41, 5.74) is 1.65. The fourth-order valence-corrected chi connectivity index (χ4v) is 1.58. The maximum absolute atomic E-state index is 9.29. The molecule has 0 saturated carbocycles. The Labute approximate surface area is 111 Å². The van der Waals surface area contributed by atoms with E-state index in [1.165, 1.54) is 6.07 Å².